The summed E-state index contributed by atoms with van der Waals surface area (Å²) in [6.07, 6.45) is -0.414. The lowest BCUT2D eigenvalue weighted by molar-refractivity contribution is -0.386. The van der Waals surface area contributed by atoms with E-state index in [0.717, 1.165) is 0 Å². The van der Waals surface area contributed by atoms with Crippen molar-refractivity contribution in [2.24, 2.45) is 0 Å². The number of aromatic nitrogens is 1. The Morgan fingerprint density at radius 3 is 2.48 bits per heavy atom. The van der Waals surface area contributed by atoms with Gasteiger partial charge in [0.2, 0.25) is 5.76 Å². The normalized spacial score (nSPS) is 12.8. The third-order valence-electron chi connectivity index (χ3n) is 3.30. The van der Waals surface area contributed by atoms with Crippen LogP contribution < -0.4 is 4.74 Å². The molecule has 0 spiro atoms. The molecule has 0 bridgehead atoms. The minimum atomic E-state index is -4.52. The topological polar surface area (TPSA) is 133 Å². The van der Waals surface area contributed by atoms with Gasteiger partial charge in [-0.15, -0.1) is 0 Å². The van der Waals surface area contributed by atoms with E-state index in [9.17, 15) is 23.1 Å². The molecule has 2 rings (SSSR count). The van der Waals surface area contributed by atoms with Crippen LogP contribution in [0.4, 0.5) is 5.69 Å². The second kappa shape index (κ2) is 6.34. The summed E-state index contributed by atoms with van der Waals surface area (Å²) in [5.41, 5.74) is -0.113. The zero-order valence-electron chi connectivity index (χ0n) is 12.3. The van der Waals surface area contributed by atoms with Crippen LogP contribution in [-0.2, 0) is 16.5 Å². The lowest BCUT2D eigenvalue weighted by atomic mass is 10.1. The van der Waals surface area contributed by atoms with Crippen molar-refractivity contribution in [3.63, 3.8) is 0 Å². The number of nitrogens with zero attached hydrogens (tertiary/aromatic N) is 2. The van der Waals surface area contributed by atoms with Crippen molar-refractivity contribution in [2.75, 3.05) is 7.11 Å². The molecule has 0 fully saturated rings. The highest BCUT2D eigenvalue weighted by Gasteiger charge is 2.33. The van der Waals surface area contributed by atoms with Gasteiger partial charge in [0.1, 0.15) is 11.0 Å². The van der Waals surface area contributed by atoms with Crippen LogP contribution in [-0.4, -0.2) is 30.2 Å². The molecule has 0 saturated carbocycles. The average Bonchev–Trinajstić information content (AvgIpc) is 2.84. The van der Waals surface area contributed by atoms with Crippen LogP contribution in [0.15, 0.2) is 28.8 Å². The second-order valence-corrected chi connectivity index (χ2v) is 6.38. The van der Waals surface area contributed by atoms with Crippen LogP contribution >= 0.6 is 0 Å². The van der Waals surface area contributed by atoms with Crippen molar-refractivity contribution in [3.8, 4) is 5.75 Å². The lowest BCUT2D eigenvalue weighted by Crippen LogP contribution is -2.15. The van der Waals surface area contributed by atoms with E-state index >= 15 is 0 Å². The van der Waals surface area contributed by atoms with Crippen LogP contribution in [0.1, 0.15) is 22.3 Å². The molecule has 1 heterocycles. The minimum absolute atomic E-state index is 0.0359. The molecular formula is C13H14N2O7S. The van der Waals surface area contributed by atoms with E-state index in [-0.39, 0.29) is 17.0 Å². The van der Waals surface area contributed by atoms with E-state index in [1.54, 1.807) is 0 Å². The number of hydrogen-bond donors (Lipinski definition) is 1. The maximum absolute atomic E-state index is 11.7. The van der Waals surface area contributed by atoms with Crippen LogP contribution in [0.2, 0.25) is 0 Å². The molecule has 0 aliphatic heterocycles. The minimum Gasteiger partial charge on any atom is -0.497 e. The third-order valence-corrected chi connectivity index (χ3v) is 4.46. The van der Waals surface area contributed by atoms with Gasteiger partial charge in [0.25, 0.3) is 10.1 Å². The number of benzene rings is 1. The molecule has 1 N–H and O–H groups in total. The van der Waals surface area contributed by atoms with Gasteiger partial charge in [0, 0.05) is 6.42 Å². The fourth-order valence-corrected chi connectivity index (χ4v) is 3.02. The first-order chi connectivity index (χ1) is 10.7. The van der Waals surface area contributed by atoms with Crippen molar-refractivity contribution < 1.29 is 27.2 Å². The highest BCUT2D eigenvalue weighted by molar-refractivity contribution is 7.86. The Bertz CT molecular complexity index is 811. The first-order valence-corrected chi connectivity index (χ1v) is 7.94. The van der Waals surface area contributed by atoms with Crippen LogP contribution in [0.3, 0.4) is 0 Å². The smallest absolute Gasteiger partial charge is 0.334 e. The van der Waals surface area contributed by atoms with E-state index in [2.05, 4.69) is 5.16 Å². The highest BCUT2D eigenvalue weighted by Crippen LogP contribution is 2.32. The molecule has 1 aromatic heterocycles. The molecule has 10 heteroatoms. The van der Waals surface area contributed by atoms with Crippen molar-refractivity contribution >= 4 is 15.8 Å². The SMILES string of the molecule is COc1ccc(C(Cc2onc(C)c2[N+](=O)[O-])S(=O)(=O)O)cc1. The number of methoxy groups -OCH3 is 1. The zero-order valence-corrected chi connectivity index (χ0v) is 13.1. The summed E-state index contributed by atoms with van der Waals surface area (Å²) in [5.74, 6) is 0.287. The molecule has 124 valence electrons. The van der Waals surface area contributed by atoms with Gasteiger partial charge < -0.3 is 9.26 Å². The van der Waals surface area contributed by atoms with Gasteiger partial charge in [-0.3, -0.25) is 14.7 Å². The van der Waals surface area contributed by atoms with Gasteiger partial charge in [-0.05, 0) is 24.6 Å². The average molecular weight is 342 g/mol. The summed E-state index contributed by atoms with van der Waals surface area (Å²) in [5, 5.41) is 13.1. The largest absolute Gasteiger partial charge is 0.497 e. The molecule has 1 unspecified atom stereocenters. The van der Waals surface area contributed by atoms with Crippen LogP contribution in [0, 0.1) is 17.0 Å². The summed E-state index contributed by atoms with van der Waals surface area (Å²) in [4.78, 5) is 10.3. The summed E-state index contributed by atoms with van der Waals surface area (Å²) >= 11 is 0. The molecular weight excluding hydrogens is 328 g/mol. The van der Waals surface area contributed by atoms with Crippen molar-refractivity contribution in [2.45, 2.75) is 18.6 Å². The Labute approximate surface area is 131 Å². The molecule has 1 aromatic carbocycles. The van der Waals surface area contributed by atoms with E-state index in [4.69, 9.17) is 9.26 Å². The number of rotatable bonds is 6. The molecule has 0 saturated heterocycles. The monoisotopic (exact) mass is 342 g/mol. The van der Waals surface area contributed by atoms with Crippen LogP contribution in [0.25, 0.3) is 0 Å². The van der Waals surface area contributed by atoms with Crippen molar-refractivity contribution in [3.05, 3.63) is 51.4 Å². The number of ether oxygens (including phenoxy) is 1. The van der Waals surface area contributed by atoms with Gasteiger partial charge in [0.15, 0.2) is 5.69 Å². The zero-order chi connectivity index (χ0) is 17.2. The first kappa shape index (κ1) is 16.9. The molecule has 0 radical (unpaired) electrons. The molecule has 0 aliphatic rings. The van der Waals surface area contributed by atoms with E-state index in [1.165, 1.54) is 38.3 Å². The van der Waals surface area contributed by atoms with Crippen molar-refractivity contribution in [1.29, 1.82) is 0 Å². The number of hydrogen-bond acceptors (Lipinski definition) is 7. The number of nitro groups is 1. The first-order valence-electron chi connectivity index (χ1n) is 6.43. The second-order valence-electron chi connectivity index (χ2n) is 4.78. The predicted octanol–water partition coefficient (Wildman–Crippen LogP) is 2.07. The molecule has 23 heavy (non-hydrogen) atoms. The van der Waals surface area contributed by atoms with Gasteiger partial charge in [-0.2, -0.15) is 8.42 Å². The summed E-state index contributed by atoms with van der Waals surface area (Å²) in [6, 6.07) is 5.94. The quantitative estimate of drug-likeness (QED) is 0.479. The van der Waals surface area contributed by atoms with E-state index in [0.29, 0.717) is 5.75 Å². The predicted molar refractivity (Wildman–Crippen MR) is 78.9 cm³/mol. The summed E-state index contributed by atoms with van der Waals surface area (Å²) in [6.45, 7) is 1.38. The van der Waals surface area contributed by atoms with Crippen molar-refractivity contribution in [1.82, 2.24) is 5.16 Å². The molecule has 0 amide bonds. The molecule has 2 aromatic rings. The maximum atomic E-state index is 11.7. The Morgan fingerprint density at radius 2 is 2.00 bits per heavy atom. The van der Waals surface area contributed by atoms with E-state index in [1.807, 2.05) is 0 Å². The lowest BCUT2D eigenvalue weighted by Gasteiger charge is -2.13. The molecule has 9 nitrogen and oxygen atoms in total. The van der Waals surface area contributed by atoms with Gasteiger partial charge >= 0.3 is 5.69 Å². The standard InChI is InChI=1S/C13H14N2O7S/c1-8-13(15(16)17)11(22-14-8)7-12(23(18,19)20)9-3-5-10(21-2)6-4-9/h3-6,12H,7H2,1-2H3,(H,18,19,20). The fourth-order valence-electron chi connectivity index (χ4n) is 2.16. The Morgan fingerprint density at radius 1 is 1.39 bits per heavy atom. The molecule has 0 aliphatic carbocycles. The Kier molecular flexibility index (Phi) is 4.66. The van der Waals surface area contributed by atoms with Gasteiger partial charge in [0.05, 0.1) is 12.0 Å². The maximum Gasteiger partial charge on any atom is 0.334 e. The third kappa shape index (κ3) is 3.66. The highest BCUT2D eigenvalue weighted by atomic mass is 32.2. The fraction of sp³-hybridized carbons (Fsp3) is 0.308. The van der Waals surface area contributed by atoms with E-state index < -0.39 is 32.4 Å². The molecule has 1 atom stereocenters. The van der Waals surface area contributed by atoms with Gasteiger partial charge in [-0.25, -0.2) is 0 Å². The summed E-state index contributed by atoms with van der Waals surface area (Å²) < 4.78 is 42.6. The summed E-state index contributed by atoms with van der Waals surface area (Å²) in [7, 11) is -3.07. The number of aryl methyl sites for hydroxylation is 1. The Balaban J connectivity index is 2.43. The van der Waals surface area contributed by atoms with Gasteiger partial charge in [-0.1, -0.05) is 17.3 Å². The van der Waals surface area contributed by atoms with Crippen LogP contribution in [0.5, 0.6) is 5.75 Å². The Hall–Kier alpha value is -2.46.